The largest absolute Gasteiger partial charge is 0.373 e. The summed E-state index contributed by atoms with van der Waals surface area (Å²) in [6.45, 7) is 5.92. The summed E-state index contributed by atoms with van der Waals surface area (Å²) in [5.74, 6) is 1.01. The third-order valence-electron chi connectivity index (χ3n) is 4.40. The van der Waals surface area contributed by atoms with Crippen LogP contribution in [0.25, 0.3) is 0 Å². The molecular weight excluding hydrogens is 283 g/mol. The third-order valence-corrected chi connectivity index (χ3v) is 4.40. The molecule has 0 bridgehead atoms. The summed E-state index contributed by atoms with van der Waals surface area (Å²) in [6.07, 6.45) is 4.86. The van der Waals surface area contributed by atoms with E-state index in [9.17, 15) is 4.39 Å². The van der Waals surface area contributed by atoms with E-state index >= 15 is 0 Å². The molecule has 0 unspecified atom stereocenters. The van der Waals surface area contributed by atoms with Crippen molar-refractivity contribution < 1.29 is 9.13 Å². The Morgan fingerprint density at radius 3 is 2.91 bits per heavy atom. The van der Waals surface area contributed by atoms with Crippen LogP contribution in [0, 0.1) is 11.7 Å². The monoisotopic (exact) mass is 308 g/mol. The van der Waals surface area contributed by atoms with Crippen LogP contribution in [0.4, 0.5) is 10.2 Å². The summed E-state index contributed by atoms with van der Waals surface area (Å²) in [6, 6.07) is 0. The Kier molecular flexibility index (Phi) is 4.88. The maximum atomic E-state index is 14.4. The molecule has 1 atom stereocenters. The maximum Gasteiger partial charge on any atom is 0.187 e. The molecule has 2 aliphatic rings. The molecule has 0 spiro atoms. The van der Waals surface area contributed by atoms with Crippen molar-refractivity contribution in [3.63, 3.8) is 0 Å². The lowest BCUT2D eigenvalue weighted by Crippen LogP contribution is -2.48. The number of hydrogen-bond acceptors (Lipinski definition) is 5. The average Bonchev–Trinajstić information content (AvgIpc) is 3.31. The van der Waals surface area contributed by atoms with Gasteiger partial charge in [-0.3, -0.25) is 0 Å². The number of ether oxygens (including phenoxy) is 1. The molecular formula is C16H25FN4O. The first-order valence-corrected chi connectivity index (χ1v) is 8.21. The predicted molar refractivity (Wildman–Crippen MR) is 83.5 cm³/mol. The van der Waals surface area contributed by atoms with Crippen molar-refractivity contribution in [2.75, 3.05) is 44.7 Å². The normalized spacial score (nSPS) is 22.4. The highest BCUT2D eigenvalue weighted by Crippen LogP contribution is 2.29. The summed E-state index contributed by atoms with van der Waals surface area (Å²) in [5, 5.41) is 0. The second-order valence-electron chi connectivity index (χ2n) is 6.41. The number of hydrogen-bond donors (Lipinski definition) is 0. The molecule has 1 aliphatic carbocycles. The van der Waals surface area contributed by atoms with Gasteiger partial charge in [-0.25, -0.2) is 14.4 Å². The van der Waals surface area contributed by atoms with Crippen molar-refractivity contribution in [1.82, 2.24) is 14.9 Å². The Hall–Kier alpha value is -1.27. The lowest BCUT2D eigenvalue weighted by molar-refractivity contribution is 0.0195. The average molecular weight is 308 g/mol. The van der Waals surface area contributed by atoms with E-state index in [-0.39, 0.29) is 11.9 Å². The summed E-state index contributed by atoms with van der Waals surface area (Å²) in [5.41, 5.74) is 0.485. The van der Waals surface area contributed by atoms with Crippen molar-refractivity contribution in [3.05, 3.63) is 17.8 Å². The molecule has 1 aromatic rings. The van der Waals surface area contributed by atoms with Gasteiger partial charge in [0.1, 0.15) is 6.33 Å². The van der Waals surface area contributed by atoms with Crippen LogP contribution in [-0.2, 0) is 11.2 Å². The standard InChI is InChI=1S/C16H25FN4O/c1-3-14-15(17)16(19-11-18-14)21-6-7-22-13(10-21)9-20(2)8-12-4-5-12/h11-13H,3-10H2,1-2H3/t13-/m0/s1. The molecule has 0 amide bonds. The minimum atomic E-state index is -0.281. The molecule has 0 aromatic carbocycles. The second kappa shape index (κ2) is 6.87. The Labute approximate surface area is 131 Å². The first-order valence-electron chi connectivity index (χ1n) is 8.21. The van der Waals surface area contributed by atoms with E-state index in [2.05, 4.69) is 21.9 Å². The number of aromatic nitrogens is 2. The fraction of sp³-hybridized carbons (Fsp3) is 0.750. The quantitative estimate of drug-likeness (QED) is 0.800. The van der Waals surface area contributed by atoms with Gasteiger partial charge in [-0.15, -0.1) is 0 Å². The summed E-state index contributed by atoms with van der Waals surface area (Å²) in [4.78, 5) is 12.5. The highest BCUT2D eigenvalue weighted by atomic mass is 19.1. The highest BCUT2D eigenvalue weighted by Gasteiger charge is 2.28. The summed E-state index contributed by atoms with van der Waals surface area (Å²) < 4.78 is 20.3. The van der Waals surface area contributed by atoms with Crippen LogP contribution < -0.4 is 4.90 Å². The second-order valence-corrected chi connectivity index (χ2v) is 6.41. The zero-order valence-corrected chi connectivity index (χ0v) is 13.5. The van der Waals surface area contributed by atoms with Crippen LogP contribution in [0.2, 0.25) is 0 Å². The van der Waals surface area contributed by atoms with Gasteiger partial charge in [-0.05, 0) is 32.2 Å². The fourth-order valence-electron chi connectivity index (χ4n) is 3.05. The predicted octanol–water partition coefficient (Wildman–Crippen LogP) is 1.73. The maximum absolute atomic E-state index is 14.4. The van der Waals surface area contributed by atoms with Gasteiger partial charge in [0.2, 0.25) is 0 Å². The molecule has 22 heavy (non-hydrogen) atoms. The number of halogens is 1. The molecule has 1 saturated carbocycles. The minimum absolute atomic E-state index is 0.108. The number of aryl methyl sites for hydroxylation is 1. The molecule has 6 heteroatoms. The Balaban J connectivity index is 1.62. The first-order chi connectivity index (χ1) is 10.7. The molecule has 0 radical (unpaired) electrons. The molecule has 122 valence electrons. The lowest BCUT2D eigenvalue weighted by atomic mass is 10.2. The van der Waals surface area contributed by atoms with Gasteiger partial charge in [0, 0.05) is 26.2 Å². The molecule has 5 nitrogen and oxygen atoms in total. The fourth-order valence-corrected chi connectivity index (χ4v) is 3.05. The number of likely N-dealkylation sites (N-methyl/N-ethyl adjacent to an activating group) is 1. The van der Waals surface area contributed by atoms with Gasteiger partial charge in [0.25, 0.3) is 0 Å². The lowest BCUT2D eigenvalue weighted by Gasteiger charge is -2.35. The molecule has 2 fully saturated rings. The van der Waals surface area contributed by atoms with Gasteiger partial charge < -0.3 is 14.5 Å². The van der Waals surface area contributed by atoms with E-state index in [1.54, 1.807) is 0 Å². The molecule has 1 aliphatic heterocycles. The third kappa shape index (κ3) is 3.73. The zero-order chi connectivity index (χ0) is 15.5. The van der Waals surface area contributed by atoms with Crippen LogP contribution in [0.3, 0.4) is 0 Å². The van der Waals surface area contributed by atoms with Crippen molar-refractivity contribution in [2.45, 2.75) is 32.3 Å². The SMILES string of the molecule is CCc1ncnc(N2CCO[C@@H](CN(C)CC3CC3)C2)c1F. The van der Waals surface area contributed by atoms with E-state index in [0.717, 1.165) is 19.0 Å². The minimum Gasteiger partial charge on any atom is -0.373 e. The van der Waals surface area contributed by atoms with Crippen LogP contribution in [0.1, 0.15) is 25.5 Å². The van der Waals surface area contributed by atoms with E-state index in [1.807, 2.05) is 11.8 Å². The van der Waals surface area contributed by atoms with Gasteiger partial charge in [0.15, 0.2) is 11.6 Å². The summed E-state index contributed by atoms with van der Waals surface area (Å²) in [7, 11) is 2.14. The van der Waals surface area contributed by atoms with E-state index in [4.69, 9.17) is 4.74 Å². The molecule has 1 aromatic heterocycles. The number of anilines is 1. The van der Waals surface area contributed by atoms with Gasteiger partial charge in [0.05, 0.1) is 18.4 Å². The summed E-state index contributed by atoms with van der Waals surface area (Å²) >= 11 is 0. The van der Waals surface area contributed by atoms with E-state index in [1.165, 1.54) is 19.2 Å². The molecule has 2 heterocycles. The van der Waals surface area contributed by atoms with E-state index < -0.39 is 0 Å². The van der Waals surface area contributed by atoms with E-state index in [0.29, 0.717) is 37.6 Å². The van der Waals surface area contributed by atoms with Gasteiger partial charge in [-0.1, -0.05) is 6.92 Å². The van der Waals surface area contributed by atoms with Gasteiger partial charge >= 0.3 is 0 Å². The van der Waals surface area contributed by atoms with Crippen molar-refractivity contribution in [1.29, 1.82) is 0 Å². The number of rotatable bonds is 6. The van der Waals surface area contributed by atoms with Crippen molar-refractivity contribution >= 4 is 5.82 Å². The Morgan fingerprint density at radius 1 is 1.36 bits per heavy atom. The topological polar surface area (TPSA) is 41.5 Å². The number of morpholine rings is 1. The smallest absolute Gasteiger partial charge is 0.187 e. The zero-order valence-electron chi connectivity index (χ0n) is 13.5. The van der Waals surface area contributed by atoms with Crippen molar-refractivity contribution in [2.24, 2.45) is 5.92 Å². The van der Waals surface area contributed by atoms with Crippen LogP contribution in [0.15, 0.2) is 6.33 Å². The van der Waals surface area contributed by atoms with Crippen LogP contribution >= 0.6 is 0 Å². The number of nitrogens with zero attached hydrogens (tertiary/aromatic N) is 4. The van der Waals surface area contributed by atoms with Crippen LogP contribution in [-0.4, -0.2) is 60.8 Å². The van der Waals surface area contributed by atoms with Gasteiger partial charge in [-0.2, -0.15) is 0 Å². The molecule has 3 rings (SSSR count). The van der Waals surface area contributed by atoms with Crippen LogP contribution in [0.5, 0.6) is 0 Å². The Morgan fingerprint density at radius 2 is 2.18 bits per heavy atom. The Bertz CT molecular complexity index is 509. The highest BCUT2D eigenvalue weighted by molar-refractivity contribution is 5.41. The van der Waals surface area contributed by atoms with Crippen molar-refractivity contribution in [3.8, 4) is 0 Å². The molecule has 0 N–H and O–H groups in total. The first kappa shape index (κ1) is 15.6. The molecule has 1 saturated heterocycles.